The summed E-state index contributed by atoms with van der Waals surface area (Å²) >= 11 is 0. The van der Waals surface area contributed by atoms with Crippen LogP contribution in [0.3, 0.4) is 0 Å². The van der Waals surface area contributed by atoms with Crippen LogP contribution in [0.15, 0.2) is 53.3 Å². The first-order valence-corrected chi connectivity index (χ1v) is 9.89. The number of allylic oxidation sites excluding steroid dienone is 2. The van der Waals surface area contributed by atoms with E-state index in [1.54, 1.807) is 12.1 Å². The van der Waals surface area contributed by atoms with Crippen molar-refractivity contribution in [1.29, 1.82) is 15.8 Å². The van der Waals surface area contributed by atoms with Gasteiger partial charge in [0.15, 0.2) is 16.9 Å². The van der Waals surface area contributed by atoms with Crippen molar-refractivity contribution in [2.75, 3.05) is 33.9 Å². The Hall–Kier alpha value is -3.73. The molecule has 0 unspecified atom stereocenters. The molecule has 0 saturated heterocycles. The third kappa shape index (κ3) is 3.63. The molecule has 0 bridgehead atoms. The molecule has 0 aromatic heterocycles. The molecule has 0 spiro atoms. The summed E-state index contributed by atoms with van der Waals surface area (Å²) in [5.41, 5.74) is 7.31. The zero-order chi connectivity index (χ0) is 22.8. The van der Waals surface area contributed by atoms with Gasteiger partial charge in [-0.2, -0.15) is 15.8 Å². The summed E-state index contributed by atoms with van der Waals surface area (Å²) in [6, 6.07) is 11.8. The molecule has 1 aliphatic heterocycles. The Balaban J connectivity index is 2.21. The zero-order valence-corrected chi connectivity index (χ0v) is 18.0. The average molecular weight is 415 g/mol. The topological polar surface area (TPSA) is 119 Å². The normalized spacial score (nSPS) is 22.3. The first-order valence-electron chi connectivity index (χ1n) is 9.89. The van der Waals surface area contributed by atoms with Gasteiger partial charge in [-0.15, -0.1) is 0 Å². The highest BCUT2D eigenvalue weighted by molar-refractivity contribution is 5.60. The van der Waals surface area contributed by atoms with Gasteiger partial charge in [0, 0.05) is 24.9 Å². The van der Waals surface area contributed by atoms with Crippen molar-refractivity contribution >= 4 is 0 Å². The molecule has 2 atom stereocenters. The quantitative estimate of drug-likeness (QED) is 0.734. The van der Waals surface area contributed by atoms with Gasteiger partial charge in [-0.3, -0.25) is 0 Å². The summed E-state index contributed by atoms with van der Waals surface area (Å²) in [7, 11) is 3.50. The van der Waals surface area contributed by atoms with E-state index in [4.69, 9.17) is 15.2 Å². The van der Waals surface area contributed by atoms with E-state index in [2.05, 4.69) is 29.7 Å². The van der Waals surface area contributed by atoms with Crippen molar-refractivity contribution in [1.82, 2.24) is 4.90 Å². The van der Waals surface area contributed by atoms with E-state index in [1.807, 2.05) is 26.1 Å². The number of hydrogen-bond acceptors (Lipinski definition) is 7. The number of nitriles is 3. The summed E-state index contributed by atoms with van der Waals surface area (Å²) in [5.74, 6) is 0.221. The zero-order valence-electron chi connectivity index (χ0n) is 18.0. The van der Waals surface area contributed by atoms with Crippen molar-refractivity contribution < 1.29 is 9.47 Å². The fraction of sp³-hybridized carbons (Fsp3) is 0.375. The van der Waals surface area contributed by atoms with Crippen LogP contribution in [-0.4, -0.2) is 38.8 Å². The van der Waals surface area contributed by atoms with Crippen molar-refractivity contribution in [3.05, 3.63) is 58.8 Å². The van der Waals surface area contributed by atoms with Crippen LogP contribution in [0.4, 0.5) is 0 Å². The van der Waals surface area contributed by atoms with Gasteiger partial charge in [-0.1, -0.05) is 18.7 Å². The van der Waals surface area contributed by atoms with Crippen LogP contribution < -0.4 is 15.2 Å². The van der Waals surface area contributed by atoms with Crippen molar-refractivity contribution in [2.24, 2.45) is 17.1 Å². The number of nitrogens with zero attached hydrogens (tertiary/aromatic N) is 4. The third-order valence-electron chi connectivity index (χ3n) is 5.87. The van der Waals surface area contributed by atoms with Crippen LogP contribution in [0, 0.1) is 45.3 Å². The van der Waals surface area contributed by atoms with E-state index < -0.39 is 11.3 Å². The molecule has 0 saturated carbocycles. The molecule has 1 aromatic rings. The van der Waals surface area contributed by atoms with E-state index in [0.717, 1.165) is 16.7 Å². The van der Waals surface area contributed by atoms with Gasteiger partial charge in [0.25, 0.3) is 0 Å². The second kappa shape index (κ2) is 8.56. The lowest BCUT2D eigenvalue weighted by molar-refractivity contribution is 0.237. The van der Waals surface area contributed by atoms with Crippen LogP contribution in [0.25, 0.3) is 0 Å². The number of benzene rings is 1. The maximum Gasteiger partial charge on any atom is 0.191 e. The van der Waals surface area contributed by atoms with Crippen molar-refractivity contribution in [3.8, 4) is 29.7 Å². The predicted molar refractivity (Wildman–Crippen MR) is 116 cm³/mol. The highest BCUT2D eigenvalue weighted by Crippen LogP contribution is 2.54. The highest BCUT2D eigenvalue weighted by atomic mass is 16.5. The lowest BCUT2D eigenvalue weighted by atomic mass is 9.58. The van der Waals surface area contributed by atoms with Crippen LogP contribution in [0.2, 0.25) is 0 Å². The molecule has 1 aromatic carbocycles. The molecular formula is C24H25N5O2. The summed E-state index contributed by atoms with van der Waals surface area (Å²) in [5, 5.41) is 30.1. The number of nitrogens with two attached hydrogens (primary N) is 1. The van der Waals surface area contributed by atoms with Crippen LogP contribution in [0.5, 0.6) is 11.5 Å². The first-order chi connectivity index (χ1) is 14.8. The second-order valence-corrected chi connectivity index (χ2v) is 8.05. The Labute approximate surface area is 182 Å². The minimum Gasteiger partial charge on any atom is -0.493 e. The molecule has 3 rings (SSSR count). The fourth-order valence-electron chi connectivity index (χ4n) is 4.40. The van der Waals surface area contributed by atoms with E-state index in [9.17, 15) is 15.8 Å². The Bertz CT molecular complexity index is 1080. The standard InChI is InChI=1S/C24H25N5O2/c1-15(2)12-31-20-6-5-16(9-21(20)30-4)22-19-11-29(3)8-7-17(19)18(10-25)23(28)24(22,13-26)14-27/h5-7,9,19,22H,1,8,11-12,28H2,2-4H3/t19-,22+/m0/s1. The predicted octanol–water partition coefficient (Wildman–Crippen LogP) is 3.01. The number of methoxy groups -OCH3 is 1. The van der Waals surface area contributed by atoms with Crippen LogP contribution >= 0.6 is 0 Å². The Morgan fingerprint density at radius 1 is 1.29 bits per heavy atom. The van der Waals surface area contributed by atoms with E-state index in [-0.39, 0.29) is 17.2 Å². The maximum absolute atomic E-state index is 10.1. The molecule has 7 heteroatoms. The summed E-state index contributed by atoms with van der Waals surface area (Å²) in [6.45, 7) is 7.32. The van der Waals surface area contributed by atoms with Crippen molar-refractivity contribution in [2.45, 2.75) is 12.8 Å². The lowest BCUT2D eigenvalue weighted by Crippen LogP contribution is -2.47. The molecule has 0 radical (unpaired) electrons. The number of fused-ring (bicyclic) bond motifs is 1. The molecule has 2 N–H and O–H groups in total. The Kier molecular flexibility index (Phi) is 6.07. The van der Waals surface area contributed by atoms with Crippen molar-refractivity contribution in [3.63, 3.8) is 0 Å². The van der Waals surface area contributed by atoms with E-state index in [0.29, 0.717) is 31.2 Å². The van der Waals surface area contributed by atoms with Gasteiger partial charge >= 0.3 is 0 Å². The van der Waals surface area contributed by atoms with Gasteiger partial charge < -0.3 is 20.1 Å². The minimum atomic E-state index is -1.67. The summed E-state index contributed by atoms with van der Waals surface area (Å²) in [4.78, 5) is 2.10. The molecule has 1 aliphatic carbocycles. The van der Waals surface area contributed by atoms with Gasteiger partial charge in [0.2, 0.25) is 0 Å². The molecular weight excluding hydrogens is 390 g/mol. The highest BCUT2D eigenvalue weighted by Gasteiger charge is 2.54. The largest absolute Gasteiger partial charge is 0.493 e. The molecule has 0 amide bonds. The number of likely N-dealkylation sites (N-methyl/N-ethyl adjacent to an activating group) is 1. The SMILES string of the molecule is C=C(C)COc1ccc([C@@H]2[C@H]3CN(C)CC=C3C(C#N)=C(N)C2(C#N)C#N)cc1OC. The molecule has 1 heterocycles. The van der Waals surface area contributed by atoms with Gasteiger partial charge in [0.1, 0.15) is 12.7 Å². The summed E-state index contributed by atoms with van der Waals surface area (Å²) < 4.78 is 11.3. The molecule has 7 nitrogen and oxygen atoms in total. The minimum absolute atomic E-state index is 0.0126. The van der Waals surface area contributed by atoms with Gasteiger partial charge in [-0.05, 0) is 42.8 Å². The second-order valence-electron chi connectivity index (χ2n) is 8.05. The Morgan fingerprint density at radius 3 is 2.58 bits per heavy atom. The number of rotatable bonds is 5. The lowest BCUT2D eigenvalue weighted by Gasteiger charge is -2.45. The van der Waals surface area contributed by atoms with Gasteiger partial charge in [-0.25, -0.2) is 0 Å². The maximum atomic E-state index is 10.1. The van der Waals surface area contributed by atoms with Crippen LogP contribution in [0.1, 0.15) is 18.4 Å². The van der Waals surface area contributed by atoms with E-state index >= 15 is 0 Å². The number of ether oxygens (including phenoxy) is 2. The monoisotopic (exact) mass is 415 g/mol. The first kappa shape index (κ1) is 22.0. The molecule has 0 fully saturated rings. The average Bonchev–Trinajstić information content (AvgIpc) is 2.77. The molecule has 2 aliphatic rings. The number of hydrogen-bond donors (Lipinski definition) is 1. The van der Waals surface area contributed by atoms with Gasteiger partial charge in [0.05, 0.1) is 30.5 Å². The smallest absolute Gasteiger partial charge is 0.191 e. The third-order valence-corrected chi connectivity index (χ3v) is 5.87. The Morgan fingerprint density at radius 2 is 2.00 bits per heavy atom. The molecule has 31 heavy (non-hydrogen) atoms. The molecule has 158 valence electrons. The van der Waals surface area contributed by atoms with Crippen LogP contribution in [-0.2, 0) is 0 Å². The van der Waals surface area contributed by atoms with E-state index in [1.165, 1.54) is 7.11 Å². The fourth-order valence-corrected chi connectivity index (χ4v) is 4.40. The summed E-state index contributed by atoms with van der Waals surface area (Å²) in [6.07, 6.45) is 1.97.